The van der Waals surface area contributed by atoms with E-state index in [1.165, 1.54) is 6.92 Å². The minimum atomic E-state index is -0.992. The molecule has 48 heavy (non-hydrogen) atoms. The quantitative estimate of drug-likeness (QED) is 0.268. The van der Waals surface area contributed by atoms with Crippen LogP contribution in [0, 0.1) is 11.8 Å². The van der Waals surface area contributed by atoms with Crippen LogP contribution in [-0.2, 0) is 19.2 Å². The van der Waals surface area contributed by atoms with Crippen molar-refractivity contribution in [3.63, 3.8) is 0 Å². The lowest BCUT2D eigenvalue weighted by atomic mass is 9.92. The Kier molecular flexibility index (Phi) is 9.90. The molecule has 1 saturated heterocycles. The molecule has 1 saturated carbocycles. The Bertz CT molecular complexity index is 1750. The summed E-state index contributed by atoms with van der Waals surface area (Å²) in [4.78, 5) is 60.8. The fourth-order valence-electron chi connectivity index (χ4n) is 7.25. The first-order valence-electron chi connectivity index (χ1n) is 17.3. The van der Waals surface area contributed by atoms with E-state index in [1.807, 2.05) is 54.6 Å². The number of benzene rings is 2. The number of ether oxygens (including phenoxy) is 1. The zero-order valence-corrected chi connectivity index (χ0v) is 28.0. The number of Topliss-reactive ketones (excluding diaryl/α,β-unsaturated/α-hetero) is 2. The van der Waals surface area contributed by atoms with Gasteiger partial charge in [0.15, 0.2) is 5.78 Å². The average Bonchev–Trinajstić information content (AvgIpc) is 3.65. The summed E-state index contributed by atoms with van der Waals surface area (Å²) in [6.45, 7) is 7.58. The molecule has 4 bridgehead atoms. The van der Waals surface area contributed by atoms with E-state index in [4.69, 9.17) is 9.72 Å². The molecular formula is C40H45N3O5. The molecule has 8 nitrogen and oxygen atoms in total. The molecule has 1 aromatic heterocycles. The highest BCUT2D eigenvalue weighted by atomic mass is 16.5. The van der Waals surface area contributed by atoms with Crippen molar-refractivity contribution in [3.05, 3.63) is 78.9 Å². The van der Waals surface area contributed by atoms with Crippen LogP contribution in [0.25, 0.3) is 28.2 Å². The second-order valence-corrected chi connectivity index (χ2v) is 13.6. The van der Waals surface area contributed by atoms with Gasteiger partial charge in [0, 0.05) is 48.1 Å². The Morgan fingerprint density at radius 3 is 2.69 bits per heavy atom. The topological polar surface area (TPSA) is 106 Å². The Morgan fingerprint density at radius 2 is 1.96 bits per heavy atom. The van der Waals surface area contributed by atoms with Gasteiger partial charge in [-0.15, -0.1) is 6.58 Å². The third-order valence-electron chi connectivity index (χ3n) is 10.1. The highest BCUT2D eigenvalue weighted by Crippen LogP contribution is 2.45. The maximum absolute atomic E-state index is 14.4. The van der Waals surface area contributed by atoms with E-state index in [0.717, 1.165) is 47.0 Å². The van der Waals surface area contributed by atoms with Gasteiger partial charge in [-0.2, -0.15) is 0 Å². The molecule has 3 aliphatic rings. The molecule has 8 heteroatoms. The molecule has 3 heterocycles. The van der Waals surface area contributed by atoms with Gasteiger partial charge in [-0.25, -0.2) is 4.98 Å². The number of nitrogens with zero attached hydrogens (tertiary/aromatic N) is 2. The van der Waals surface area contributed by atoms with Crippen LogP contribution >= 0.6 is 0 Å². The van der Waals surface area contributed by atoms with Gasteiger partial charge in [0.05, 0.1) is 17.8 Å². The van der Waals surface area contributed by atoms with Crippen molar-refractivity contribution in [2.75, 3.05) is 6.54 Å². The van der Waals surface area contributed by atoms with E-state index in [0.29, 0.717) is 31.4 Å². The van der Waals surface area contributed by atoms with Gasteiger partial charge < -0.3 is 15.0 Å². The Morgan fingerprint density at radius 1 is 1.15 bits per heavy atom. The van der Waals surface area contributed by atoms with Crippen LogP contribution in [0.1, 0.15) is 77.2 Å². The van der Waals surface area contributed by atoms with Crippen molar-refractivity contribution in [2.45, 2.75) is 89.3 Å². The van der Waals surface area contributed by atoms with E-state index in [-0.39, 0.29) is 48.7 Å². The summed E-state index contributed by atoms with van der Waals surface area (Å²) in [5.74, 6) is -0.678. The molecule has 2 aromatic carbocycles. The van der Waals surface area contributed by atoms with Crippen LogP contribution in [0.2, 0.25) is 0 Å². The normalized spacial score (nSPS) is 26.5. The van der Waals surface area contributed by atoms with E-state index in [2.05, 4.69) is 31.0 Å². The van der Waals surface area contributed by atoms with Crippen LogP contribution < -0.4 is 10.1 Å². The number of amides is 2. The molecule has 0 spiro atoms. The van der Waals surface area contributed by atoms with Crippen molar-refractivity contribution in [2.24, 2.45) is 11.8 Å². The number of aromatic nitrogens is 1. The van der Waals surface area contributed by atoms with Gasteiger partial charge in [-0.1, -0.05) is 74.4 Å². The number of fused-ring (bicyclic) bond motifs is 3. The molecule has 1 aliphatic carbocycles. The number of unbranched alkanes of at least 4 members (excludes halogenated alkanes) is 1. The van der Waals surface area contributed by atoms with E-state index < -0.39 is 23.6 Å². The second-order valence-electron chi connectivity index (χ2n) is 13.6. The van der Waals surface area contributed by atoms with E-state index >= 15 is 0 Å². The number of hydrogen-bond acceptors (Lipinski definition) is 6. The summed E-state index contributed by atoms with van der Waals surface area (Å²) in [5.41, 5.74) is 2.49. The van der Waals surface area contributed by atoms with Crippen molar-refractivity contribution >= 4 is 40.4 Å². The zero-order valence-electron chi connectivity index (χ0n) is 28.0. The lowest BCUT2D eigenvalue weighted by Crippen LogP contribution is -2.53. The van der Waals surface area contributed by atoms with Crippen LogP contribution in [0.4, 0.5) is 0 Å². The predicted octanol–water partition coefficient (Wildman–Crippen LogP) is 6.86. The Labute approximate surface area is 282 Å². The molecule has 1 N–H and O–H groups in total. The van der Waals surface area contributed by atoms with Gasteiger partial charge >= 0.3 is 0 Å². The molecule has 2 aliphatic heterocycles. The van der Waals surface area contributed by atoms with E-state index in [1.54, 1.807) is 11.0 Å². The van der Waals surface area contributed by atoms with E-state index in [9.17, 15) is 19.2 Å². The molecule has 0 unspecified atom stereocenters. The number of carbonyl (C=O) groups is 4. The van der Waals surface area contributed by atoms with Crippen molar-refractivity contribution < 1.29 is 23.9 Å². The van der Waals surface area contributed by atoms with Gasteiger partial charge in [-0.3, -0.25) is 19.2 Å². The average molecular weight is 648 g/mol. The number of pyridine rings is 1. The van der Waals surface area contributed by atoms with Gasteiger partial charge in [0.2, 0.25) is 11.8 Å². The van der Waals surface area contributed by atoms with Crippen LogP contribution in [0.5, 0.6) is 5.75 Å². The number of nitrogens with one attached hydrogen (secondary N) is 1. The maximum atomic E-state index is 14.4. The molecule has 2 fully saturated rings. The van der Waals surface area contributed by atoms with Crippen molar-refractivity contribution in [3.8, 4) is 17.0 Å². The molecule has 250 valence electrons. The van der Waals surface area contributed by atoms with Crippen LogP contribution in [0.3, 0.4) is 0 Å². The number of carbonyl (C=O) groups excluding carboxylic acids is 4. The molecule has 5 atom stereocenters. The third kappa shape index (κ3) is 6.98. The van der Waals surface area contributed by atoms with Gasteiger partial charge in [0.25, 0.3) is 0 Å². The number of hydrogen-bond donors (Lipinski definition) is 1. The first kappa shape index (κ1) is 33.3. The van der Waals surface area contributed by atoms with Crippen LogP contribution in [-0.4, -0.2) is 57.5 Å². The third-order valence-corrected chi connectivity index (χ3v) is 10.1. The second kappa shape index (κ2) is 14.3. The maximum Gasteiger partial charge on any atom is 0.243 e. The monoisotopic (exact) mass is 647 g/mol. The molecule has 0 radical (unpaired) electrons. The summed E-state index contributed by atoms with van der Waals surface area (Å²) in [7, 11) is 0. The zero-order chi connectivity index (χ0) is 33.8. The first-order valence-corrected chi connectivity index (χ1v) is 17.3. The fourth-order valence-corrected chi connectivity index (χ4v) is 7.25. The summed E-state index contributed by atoms with van der Waals surface area (Å²) < 4.78 is 6.77. The van der Waals surface area contributed by atoms with Gasteiger partial charge in [0.1, 0.15) is 29.2 Å². The first-order chi connectivity index (χ1) is 23.2. The lowest BCUT2D eigenvalue weighted by molar-refractivity contribution is -0.144. The summed E-state index contributed by atoms with van der Waals surface area (Å²) >= 11 is 0. The summed E-state index contributed by atoms with van der Waals surface area (Å²) in [6.07, 6.45) is 10.3. The molecule has 2 amide bonds. The van der Waals surface area contributed by atoms with Gasteiger partial charge in [-0.05, 0) is 50.3 Å². The highest BCUT2D eigenvalue weighted by molar-refractivity contribution is 5.98. The number of rotatable bonds is 8. The molecular weight excluding hydrogens is 602 g/mol. The SMILES string of the molecule is C=C[C@@H]1C[C@]1(NC(=O)[C@@H]1C[C@@H]2CN1C(=O)[C@H](CCCC)CC(=O)CCC/C=C/c1ccc3nc(-c4ccccc4)cc(c3c1)O2)C(C)=O. The van der Waals surface area contributed by atoms with Crippen LogP contribution in [0.15, 0.2) is 73.3 Å². The molecule has 3 aromatic rings. The number of allylic oxidation sites excluding steroid dienone is 1. The lowest BCUT2D eigenvalue weighted by Gasteiger charge is -2.29. The van der Waals surface area contributed by atoms with Crippen molar-refractivity contribution in [1.82, 2.24) is 15.2 Å². The summed E-state index contributed by atoms with van der Waals surface area (Å²) in [6, 6.07) is 17.1. The smallest absolute Gasteiger partial charge is 0.243 e. The highest BCUT2D eigenvalue weighted by Gasteiger charge is 2.58. The molecule has 6 rings (SSSR count). The largest absolute Gasteiger partial charge is 0.488 e. The Hall–Kier alpha value is -4.59. The summed E-state index contributed by atoms with van der Waals surface area (Å²) in [5, 5.41) is 3.85. The minimum Gasteiger partial charge on any atom is -0.488 e. The number of ketones is 2. The minimum absolute atomic E-state index is 0.0610. The predicted molar refractivity (Wildman–Crippen MR) is 187 cm³/mol. The van der Waals surface area contributed by atoms with Crippen molar-refractivity contribution in [1.29, 1.82) is 0 Å². The Balaban J connectivity index is 1.40. The standard InChI is InChI=1S/C40H45N3O5/c1-4-6-14-29-21-31(45)17-12-7-9-13-27-18-19-34-33(20-27)37(23-35(41-34)28-15-10-8-11-16-28)48-32-22-36(43(25-32)39(29)47)38(46)42-40(26(3)44)24-30(40)5-2/h5,8-11,13,15-16,18-20,23,29-30,32,36H,2,4,6-7,12,14,17,21-22,24-25H2,1,3H3,(H,42,46)/b13-9+/t29-,30-,32-,36+,40+/m1/s1. The fraction of sp³-hybridized carbons (Fsp3) is 0.425.